The van der Waals surface area contributed by atoms with Crippen LogP contribution in [-0.4, -0.2) is 55.2 Å². The SMILES string of the molecule is O=C1CC(C(F)(F)F)N(C(=O)CN2CCOC(c3ccc(F)cc3)C2)c2ccccc2N1. The van der Waals surface area contributed by atoms with Gasteiger partial charge in [0.1, 0.15) is 11.9 Å². The van der Waals surface area contributed by atoms with E-state index in [-0.39, 0.29) is 31.1 Å². The van der Waals surface area contributed by atoms with Crippen LogP contribution in [0, 0.1) is 5.82 Å². The number of benzene rings is 2. The fraction of sp³-hybridized carbons (Fsp3) is 0.364. The fourth-order valence-electron chi connectivity index (χ4n) is 3.99. The molecule has 0 radical (unpaired) electrons. The fourth-order valence-corrected chi connectivity index (χ4v) is 3.99. The van der Waals surface area contributed by atoms with Gasteiger partial charge in [0.05, 0.1) is 37.1 Å². The topological polar surface area (TPSA) is 61.9 Å². The van der Waals surface area contributed by atoms with Crippen molar-refractivity contribution in [3.8, 4) is 0 Å². The van der Waals surface area contributed by atoms with Gasteiger partial charge in [0.15, 0.2) is 0 Å². The molecule has 0 spiro atoms. The molecule has 32 heavy (non-hydrogen) atoms. The molecular weight excluding hydrogens is 430 g/mol. The number of nitrogens with one attached hydrogen (secondary N) is 1. The highest BCUT2D eigenvalue weighted by Gasteiger charge is 2.49. The van der Waals surface area contributed by atoms with E-state index in [1.165, 1.54) is 30.3 Å². The van der Waals surface area contributed by atoms with Gasteiger partial charge in [0.25, 0.3) is 0 Å². The summed E-state index contributed by atoms with van der Waals surface area (Å²) in [6.45, 7) is 0.609. The van der Waals surface area contributed by atoms with Crippen molar-refractivity contribution in [1.29, 1.82) is 0 Å². The Bertz CT molecular complexity index is 997. The van der Waals surface area contributed by atoms with Gasteiger partial charge < -0.3 is 10.1 Å². The largest absolute Gasteiger partial charge is 0.409 e. The molecule has 2 aromatic carbocycles. The second-order valence-corrected chi connectivity index (χ2v) is 7.74. The lowest BCUT2D eigenvalue weighted by Gasteiger charge is -2.36. The van der Waals surface area contributed by atoms with Crippen molar-refractivity contribution < 1.29 is 31.9 Å². The lowest BCUT2D eigenvalue weighted by Crippen LogP contribution is -2.53. The molecule has 10 heteroatoms. The summed E-state index contributed by atoms with van der Waals surface area (Å²) in [5.74, 6) is -1.97. The quantitative estimate of drug-likeness (QED) is 0.726. The van der Waals surface area contributed by atoms with E-state index in [1.54, 1.807) is 23.1 Å². The summed E-state index contributed by atoms with van der Waals surface area (Å²) in [6.07, 6.45) is -6.10. The molecule has 2 aliphatic heterocycles. The molecule has 2 aromatic rings. The number of rotatable bonds is 3. The molecule has 1 saturated heterocycles. The molecule has 2 heterocycles. The second kappa shape index (κ2) is 8.87. The average molecular weight is 451 g/mol. The Labute approximate surface area is 181 Å². The number of halogens is 4. The number of ether oxygens (including phenoxy) is 1. The Kier molecular flexibility index (Phi) is 6.16. The summed E-state index contributed by atoms with van der Waals surface area (Å²) in [5.41, 5.74) is 0.879. The first-order chi connectivity index (χ1) is 15.2. The lowest BCUT2D eigenvalue weighted by atomic mass is 10.1. The minimum Gasteiger partial charge on any atom is -0.371 e. The van der Waals surface area contributed by atoms with Crippen molar-refractivity contribution in [2.45, 2.75) is 24.7 Å². The van der Waals surface area contributed by atoms with E-state index >= 15 is 0 Å². The molecule has 0 aromatic heterocycles. The molecule has 2 unspecified atom stereocenters. The van der Waals surface area contributed by atoms with Crippen LogP contribution < -0.4 is 10.2 Å². The summed E-state index contributed by atoms with van der Waals surface area (Å²) in [6, 6.07) is 9.43. The number of nitrogens with zero attached hydrogens (tertiary/aromatic N) is 2. The maximum absolute atomic E-state index is 13.9. The van der Waals surface area contributed by atoms with Gasteiger partial charge in [0.2, 0.25) is 11.8 Å². The predicted octanol–water partition coefficient (Wildman–Crippen LogP) is 3.51. The van der Waals surface area contributed by atoms with Gasteiger partial charge in [-0.25, -0.2) is 4.39 Å². The highest BCUT2D eigenvalue weighted by Crippen LogP contribution is 2.38. The number of carbonyl (C=O) groups is 2. The van der Waals surface area contributed by atoms with E-state index in [2.05, 4.69) is 5.32 Å². The van der Waals surface area contributed by atoms with Crippen molar-refractivity contribution in [1.82, 2.24) is 4.90 Å². The maximum Gasteiger partial charge on any atom is 0.409 e. The van der Waals surface area contributed by atoms with Crippen LogP contribution in [0.3, 0.4) is 0 Å². The highest BCUT2D eigenvalue weighted by molar-refractivity contribution is 6.05. The van der Waals surface area contributed by atoms with Crippen LogP contribution in [0.25, 0.3) is 0 Å². The van der Waals surface area contributed by atoms with Gasteiger partial charge in [-0.05, 0) is 29.8 Å². The van der Waals surface area contributed by atoms with E-state index < -0.39 is 42.4 Å². The van der Waals surface area contributed by atoms with Crippen LogP contribution in [0.5, 0.6) is 0 Å². The Morgan fingerprint density at radius 2 is 1.84 bits per heavy atom. The number of carbonyl (C=O) groups excluding carboxylic acids is 2. The van der Waals surface area contributed by atoms with E-state index in [0.29, 0.717) is 17.0 Å². The minimum absolute atomic E-state index is 0.00835. The van der Waals surface area contributed by atoms with Crippen LogP contribution in [0.4, 0.5) is 28.9 Å². The van der Waals surface area contributed by atoms with Gasteiger partial charge in [-0.1, -0.05) is 24.3 Å². The minimum atomic E-state index is -4.79. The summed E-state index contributed by atoms with van der Waals surface area (Å²) < 4.78 is 60.5. The maximum atomic E-state index is 13.9. The number of hydrogen-bond acceptors (Lipinski definition) is 4. The van der Waals surface area contributed by atoms with Crippen LogP contribution in [0.1, 0.15) is 18.1 Å². The third-order valence-corrected chi connectivity index (χ3v) is 5.53. The van der Waals surface area contributed by atoms with E-state index in [4.69, 9.17) is 4.74 Å². The number of fused-ring (bicyclic) bond motifs is 1. The van der Waals surface area contributed by atoms with Crippen LogP contribution in [0.2, 0.25) is 0 Å². The van der Waals surface area contributed by atoms with Gasteiger partial charge >= 0.3 is 6.18 Å². The van der Waals surface area contributed by atoms with Crippen molar-refractivity contribution in [3.63, 3.8) is 0 Å². The molecule has 0 aliphatic carbocycles. The van der Waals surface area contributed by atoms with Crippen molar-refractivity contribution in [2.75, 3.05) is 36.5 Å². The molecule has 4 rings (SSSR count). The number of hydrogen-bond donors (Lipinski definition) is 1. The first-order valence-electron chi connectivity index (χ1n) is 10.1. The molecule has 170 valence electrons. The summed E-state index contributed by atoms with van der Waals surface area (Å²) in [5, 5.41) is 2.45. The van der Waals surface area contributed by atoms with E-state index in [9.17, 15) is 27.2 Å². The lowest BCUT2D eigenvalue weighted by molar-refractivity contribution is -0.158. The molecule has 0 bridgehead atoms. The van der Waals surface area contributed by atoms with Crippen molar-refractivity contribution in [2.24, 2.45) is 0 Å². The Hall–Kier alpha value is -2.98. The summed E-state index contributed by atoms with van der Waals surface area (Å²) >= 11 is 0. The summed E-state index contributed by atoms with van der Waals surface area (Å²) in [4.78, 5) is 27.7. The van der Waals surface area contributed by atoms with Gasteiger partial charge in [0, 0.05) is 13.1 Å². The molecule has 0 saturated carbocycles. The van der Waals surface area contributed by atoms with Crippen LogP contribution in [-0.2, 0) is 14.3 Å². The van der Waals surface area contributed by atoms with Gasteiger partial charge in [-0.15, -0.1) is 0 Å². The zero-order valence-electron chi connectivity index (χ0n) is 16.9. The standard InChI is InChI=1S/C22H21F4N3O3/c23-15-7-5-14(6-8-15)18-12-28(9-10-32-18)13-21(31)29-17-4-2-1-3-16(17)27-20(30)11-19(29)22(24,25)26/h1-8,18-19H,9-13H2,(H,27,30). The van der Waals surface area contributed by atoms with E-state index in [0.717, 1.165) is 0 Å². The number of alkyl halides is 3. The molecule has 2 aliphatic rings. The van der Waals surface area contributed by atoms with Crippen LogP contribution in [0.15, 0.2) is 48.5 Å². The van der Waals surface area contributed by atoms with Crippen molar-refractivity contribution >= 4 is 23.2 Å². The third kappa shape index (κ3) is 4.76. The smallest absolute Gasteiger partial charge is 0.371 e. The van der Waals surface area contributed by atoms with E-state index in [1.807, 2.05) is 0 Å². The second-order valence-electron chi connectivity index (χ2n) is 7.74. The molecular formula is C22H21F4N3O3. The van der Waals surface area contributed by atoms with Gasteiger partial charge in [-0.3, -0.25) is 19.4 Å². The zero-order chi connectivity index (χ0) is 22.9. The third-order valence-electron chi connectivity index (χ3n) is 5.53. The number of amides is 2. The number of morpholine rings is 1. The predicted molar refractivity (Wildman–Crippen MR) is 109 cm³/mol. The Morgan fingerprint density at radius 1 is 1.12 bits per heavy atom. The molecule has 1 fully saturated rings. The first-order valence-corrected chi connectivity index (χ1v) is 10.1. The summed E-state index contributed by atoms with van der Waals surface area (Å²) in [7, 11) is 0. The average Bonchev–Trinajstić information content (AvgIpc) is 2.90. The zero-order valence-corrected chi connectivity index (χ0v) is 16.9. The number of anilines is 2. The Morgan fingerprint density at radius 3 is 2.56 bits per heavy atom. The molecule has 1 N–H and O–H groups in total. The molecule has 2 amide bonds. The first kappa shape index (κ1) is 22.2. The monoisotopic (exact) mass is 451 g/mol. The molecule has 6 nitrogen and oxygen atoms in total. The normalized spacial score (nSPS) is 22.1. The van der Waals surface area contributed by atoms with Gasteiger partial charge in [-0.2, -0.15) is 13.2 Å². The highest BCUT2D eigenvalue weighted by atomic mass is 19.4. The van der Waals surface area contributed by atoms with Crippen LogP contribution >= 0.6 is 0 Å². The Balaban J connectivity index is 1.57. The molecule has 2 atom stereocenters. The van der Waals surface area contributed by atoms with Crippen molar-refractivity contribution in [3.05, 3.63) is 59.9 Å². The number of para-hydroxylation sites is 2.